The smallest absolute Gasteiger partial charge is 0.187 e. The monoisotopic (exact) mass is 247 g/mol. The quantitative estimate of drug-likeness (QED) is 0.394. The van der Waals surface area contributed by atoms with E-state index in [1.165, 1.54) is 0 Å². The summed E-state index contributed by atoms with van der Waals surface area (Å²) in [6.07, 6.45) is 0. The molecule has 1 radical (unpaired) electrons. The molecule has 2 nitrogen and oxygen atoms in total. The van der Waals surface area contributed by atoms with Crippen molar-refractivity contribution < 1.29 is 37.4 Å². The first-order valence-electron chi connectivity index (χ1n) is 3.78. The number of benzene rings is 1. The average molecular weight is 247 g/mol. The van der Waals surface area contributed by atoms with Crippen molar-refractivity contribution in [1.29, 1.82) is 0 Å². The zero-order valence-electron chi connectivity index (χ0n) is 7.32. The molecule has 1 heterocycles. The fourth-order valence-electron chi connectivity index (χ4n) is 1.22. The Morgan fingerprint density at radius 2 is 2.08 bits per heavy atom. The molecule has 2 aromatic rings. The topological polar surface area (TPSA) is 26.9 Å². The number of fused-ring (bicyclic) bond motifs is 1. The van der Waals surface area contributed by atoms with Crippen molar-refractivity contribution in [3.8, 4) is 0 Å². The number of pyridine rings is 1. The van der Waals surface area contributed by atoms with Gasteiger partial charge in [-0.3, -0.25) is 0 Å². The van der Waals surface area contributed by atoms with E-state index in [0.717, 1.165) is 10.1 Å². The molecule has 1 aromatic heterocycles. The molecule has 1 aromatic carbocycles. The van der Waals surface area contributed by atoms with Crippen LogP contribution in [0.1, 0.15) is 5.69 Å². The third kappa shape index (κ3) is 1.89. The van der Waals surface area contributed by atoms with Crippen LogP contribution in [0.5, 0.6) is 0 Å². The van der Waals surface area contributed by atoms with Gasteiger partial charge >= 0.3 is 0 Å². The number of hydrogen-bond donors (Lipinski definition) is 0. The summed E-state index contributed by atoms with van der Waals surface area (Å²) in [5.74, 6) is 0. The van der Waals surface area contributed by atoms with Crippen LogP contribution >= 0.6 is 0 Å². The van der Waals surface area contributed by atoms with Gasteiger partial charge in [0.25, 0.3) is 0 Å². The Bertz CT molecular complexity index is 428. The van der Waals surface area contributed by atoms with Crippen LogP contribution in [0.15, 0.2) is 30.3 Å². The van der Waals surface area contributed by atoms with Gasteiger partial charge in [0, 0.05) is 39.6 Å². The van der Waals surface area contributed by atoms with Gasteiger partial charge in [0.15, 0.2) is 5.69 Å². The minimum absolute atomic E-state index is 0. The Morgan fingerprint density at radius 3 is 2.85 bits per heavy atom. The van der Waals surface area contributed by atoms with Gasteiger partial charge in [-0.15, -0.1) is 0 Å². The van der Waals surface area contributed by atoms with Gasteiger partial charge in [-0.25, -0.2) is 0 Å². The molecule has 0 fully saturated rings. The summed E-state index contributed by atoms with van der Waals surface area (Å²) in [7, 11) is 0. The number of aryl methyl sites for hydroxylation is 1. The van der Waals surface area contributed by atoms with Gasteiger partial charge in [-0.1, -0.05) is 17.5 Å². The van der Waals surface area contributed by atoms with E-state index >= 15 is 0 Å². The molecule has 0 bridgehead atoms. The van der Waals surface area contributed by atoms with E-state index in [9.17, 15) is 5.21 Å². The first kappa shape index (κ1) is 10.6. The van der Waals surface area contributed by atoms with Crippen LogP contribution in [0.3, 0.4) is 0 Å². The normalized spacial score (nSPS) is 9.62. The fourth-order valence-corrected chi connectivity index (χ4v) is 1.22. The second kappa shape index (κ2) is 4.16. The number of rotatable bonds is 0. The predicted molar refractivity (Wildman–Crippen MR) is 46.5 cm³/mol. The third-order valence-corrected chi connectivity index (χ3v) is 1.92. The van der Waals surface area contributed by atoms with Gasteiger partial charge in [0.05, 0.1) is 0 Å². The first-order chi connectivity index (χ1) is 5.79. The van der Waals surface area contributed by atoms with Gasteiger partial charge in [-0.05, 0) is 6.07 Å². The zero-order chi connectivity index (χ0) is 8.55. The molecule has 13 heavy (non-hydrogen) atoms. The molecule has 63 valence electrons. The Balaban J connectivity index is 0.000000845. The van der Waals surface area contributed by atoms with Gasteiger partial charge in [0.2, 0.25) is 0 Å². The summed E-state index contributed by atoms with van der Waals surface area (Å²) in [4.78, 5) is 0. The minimum Gasteiger partial charge on any atom is -0.620 e. The number of nitrogens with zero attached hydrogens (tertiary/aromatic N) is 1. The standard InChI is InChI=1S/C10H8NO.Y/c1-8-6-7-9-4-2-3-5-10(9)11(8)12;/h3-7H,1H3;/q-1;. The summed E-state index contributed by atoms with van der Waals surface area (Å²) in [5.41, 5.74) is 1.42. The fraction of sp³-hybridized carbons (Fsp3) is 0.100. The van der Waals surface area contributed by atoms with Gasteiger partial charge < -0.3 is 5.21 Å². The van der Waals surface area contributed by atoms with Crippen LogP contribution < -0.4 is 4.73 Å². The maximum atomic E-state index is 11.4. The van der Waals surface area contributed by atoms with Gasteiger partial charge in [-0.2, -0.15) is 22.9 Å². The van der Waals surface area contributed by atoms with Crippen molar-refractivity contribution in [3.05, 3.63) is 47.3 Å². The van der Waals surface area contributed by atoms with E-state index in [0.29, 0.717) is 11.2 Å². The van der Waals surface area contributed by atoms with Crippen LogP contribution in [-0.4, -0.2) is 0 Å². The first-order valence-corrected chi connectivity index (χ1v) is 3.78. The van der Waals surface area contributed by atoms with Crippen LogP contribution in [0.4, 0.5) is 0 Å². The summed E-state index contributed by atoms with van der Waals surface area (Å²) in [5, 5.41) is 12.4. The molecule has 3 heteroatoms. The second-order valence-corrected chi connectivity index (χ2v) is 2.75. The Labute approximate surface area is 102 Å². The SMILES string of the molecule is Cc1ccc2c[c-]ccc2[n+]1[O-].[Y]. The molecule has 0 atom stereocenters. The summed E-state index contributed by atoms with van der Waals surface area (Å²) in [6.45, 7) is 1.79. The molecule has 0 unspecified atom stereocenters. The third-order valence-electron chi connectivity index (χ3n) is 1.92. The largest absolute Gasteiger partial charge is 0.620 e. The molecule has 0 N–H and O–H groups in total. The Morgan fingerprint density at radius 1 is 1.31 bits per heavy atom. The maximum Gasteiger partial charge on any atom is 0.187 e. The van der Waals surface area contributed by atoms with Crippen LogP contribution in [0.25, 0.3) is 10.9 Å². The minimum atomic E-state index is 0. The molecule has 0 spiro atoms. The Hall–Kier alpha value is -0.466. The molecule has 0 saturated heterocycles. The zero-order valence-corrected chi connectivity index (χ0v) is 10.2. The van der Waals surface area contributed by atoms with Crippen molar-refractivity contribution in [2.45, 2.75) is 6.92 Å². The molecule has 0 saturated carbocycles. The summed E-state index contributed by atoms with van der Waals surface area (Å²) < 4.78 is 0.934. The van der Waals surface area contributed by atoms with Crippen molar-refractivity contribution in [2.75, 3.05) is 0 Å². The molecule has 2 rings (SSSR count). The van der Waals surface area contributed by atoms with E-state index in [-0.39, 0.29) is 32.7 Å². The number of aromatic nitrogens is 1. The maximum absolute atomic E-state index is 11.4. The van der Waals surface area contributed by atoms with Crippen molar-refractivity contribution in [2.24, 2.45) is 0 Å². The van der Waals surface area contributed by atoms with E-state index in [4.69, 9.17) is 0 Å². The molecule has 0 aliphatic heterocycles. The van der Waals surface area contributed by atoms with E-state index in [2.05, 4.69) is 6.07 Å². The molecular formula is C10H8NOY-. The molecule has 0 amide bonds. The van der Waals surface area contributed by atoms with E-state index in [1.54, 1.807) is 19.1 Å². The average Bonchev–Trinajstić information content (AvgIpc) is 2.12. The second-order valence-electron chi connectivity index (χ2n) is 2.75. The predicted octanol–water partition coefficient (Wildman–Crippen LogP) is 1.58. The van der Waals surface area contributed by atoms with Crippen molar-refractivity contribution >= 4 is 10.9 Å². The van der Waals surface area contributed by atoms with Crippen LogP contribution in [0, 0.1) is 18.2 Å². The molecule has 0 aliphatic carbocycles. The molecular weight excluding hydrogens is 239 g/mol. The summed E-state index contributed by atoms with van der Waals surface area (Å²) in [6, 6.07) is 12.0. The van der Waals surface area contributed by atoms with E-state index < -0.39 is 0 Å². The van der Waals surface area contributed by atoms with Crippen LogP contribution in [-0.2, 0) is 32.7 Å². The van der Waals surface area contributed by atoms with Crippen molar-refractivity contribution in [3.63, 3.8) is 0 Å². The van der Waals surface area contributed by atoms with Crippen molar-refractivity contribution in [1.82, 2.24) is 0 Å². The van der Waals surface area contributed by atoms with Gasteiger partial charge in [0.1, 0.15) is 5.52 Å². The molecule has 0 aliphatic rings. The number of hydrogen-bond acceptors (Lipinski definition) is 1. The van der Waals surface area contributed by atoms with E-state index in [1.807, 2.05) is 18.2 Å². The van der Waals surface area contributed by atoms with Crippen LogP contribution in [0.2, 0.25) is 0 Å². The summed E-state index contributed by atoms with van der Waals surface area (Å²) >= 11 is 0. The Kier molecular flexibility index (Phi) is 3.40.